The third kappa shape index (κ3) is 1.43. The Morgan fingerprint density at radius 1 is 1.75 bits per heavy atom. The number of aromatic carboxylic acids is 1. The molecule has 0 unspecified atom stereocenters. The lowest BCUT2D eigenvalue weighted by molar-refractivity contribution is 0.0690. The standard InChI is InChI=1S/C9H7NO2/c1-3-7-4-6(2)5-10-8(7)9(11)12/h1,4-5H,2H3,(H,11,12). The SMILES string of the molecule is C#Cc1cc(C)cnc1C(=O)O. The van der Waals surface area contributed by atoms with Gasteiger partial charge in [-0.15, -0.1) is 6.42 Å². The van der Waals surface area contributed by atoms with Gasteiger partial charge in [0.05, 0.1) is 5.56 Å². The first kappa shape index (κ1) is 8.28. The molecule has 0 atom stereocenters. The summed E-state index contributed by atoms with van der Waals surface area (Å²) in [6.45, 7) is 1.81. The third-order valence-electron chi connectivity index (χ3n) is 1.38. The maximum absolute atomic E-state index is 10.5. The van der Waals surface area contributed by atoms with Crippen molar-refractivity contribution in [1.29, 1.82) is 0 Å². The van der Waals surface area contributed by atoms with Crippen molar-refractivity contribution in [2.24, 2.45) is 0 Å². The van der Waals surface area contributed by atoms with E-state index in [0.717, 1.165) is 5.56 Å². The van der Waals surface area contributed by atoms with E-state index in [9.17, 15) is 4.79 Å². The smallest absolute Gasteiger partial charge is 0.355 e. The van der Waals surface area contributed by atoms with Gasteiger partial charge in [-0.3, -0.25) is 0 Å². The van der Waals surface area contributed by atoms with Crippen LogP contribution in [0.3, 0.4) is 0 Å². The zero-order valence-corrected chi connectivity index (χ0v) is 6.53. The molecular formula is C9H7NO2. The van der Waals surface area contributed by atoms with Crippen LogP contribution in [0.1, 0.15) is 21.6 Å². The molecule has 0 spiro atoms. The highest BCUT2D eigenvalue weighted by atomic mass is 16.4. The van der Waals surface area contributed by atoms with E-state index < -0.39 is 5.97 Å². The molecule has 0 aliphatic carbocycles. The van der Waals surface area contributed by atoms with E-state index in [1.807, 2.05) is 0 Å². The number of hydrogen-bond donors (Lipinski definition) is 1. The van der Waals surface area contributed by atoms with Crippen molar-refractivity contribution >= 4 is 5.97 Å². The molecule has 1 heterocycles. The van der Waals surface area contributed by atoms with Gasteiger partial charge >= 0.3 is 5.97 Å². The Hall–Kier alpha value is -1.82. The molecule has 3 nitrogen and oxygen atoms in total. The zero-order chi connectivity index (χ0) is 9.14. The van der Waals surface area contributed by atoms with Crippen molar-refractivity contribution in [3.8, 4) is 12.3 Å². The number of aryl methyl sites for hydroxylation is 1. The maximum Gasteiger partial charge on any atom is 0.355 e. The predicted octanol–water partition coefficient (Wildman–Crippen LogP) is 1.07. The average molecular weight is 161 g/mol. The molecule has 0 aromatic carbocycles. The fraction of sp³-hybridized carbons (Fsp3) is 0.111. The number of carboxylic acid groups (broad SMARTS) is 1. The first-order valence-electron chi connectivity index (χ1n) is 3.31. The predicted molar refractivity (Wildman–Crippen MR) is 43.9 cm³/mol. The summed E-state index contributed by atoms with van der Waals surface area (Å²) >= 11 is 0. The lowest BCUT2D eigenvalue weighted by atomic mass is 10.1. The summed E-state index contributed by atoms with van der Waals surface area (Å²) in [5.41, 5.74) is 1.11. The van der Waals surface area contributed by atoms with E-state index in [0.29, 0.717) is 5.56 Å². The molecule has 1 N–H and O–H groups in total. The Bertz CT molecular complexity index is 363. The molecule has 0 saturated carbocycles. The molecule has 3 heteroatoms. The zero-order valence-electron chi connectivity index (χ0n) is 6.53. The number of hydrogen-bond acceptors (Lipinski definition) is 2. The number of terminal acetylenes is 1. The van der Waals surface area contributed by atoms with Gasteiger partial charge in [0.1, 0.15) is 0 Å². The topological polar surface area (TPSA) is 50.2 Å². The van der Waals surface area contributed by atoms with Gasteiger partial charge in [-0.2, -0.15) is 0 Å². The van der Waals surface area contributed by atoms with Gasteiger partial charge in [0.15, 0.2) is 5.69 Å². The molecule has 0 radical (unpaired) electrons. The summed E-state index contributed by atoms with van der Waals surface area (Å²) in [7, 11) is 0. The van der Waals surface area contributed by atoms with Crippen LogP contribution in [0.25, 0.3) is 0 Å². The normalized spacial score (nSPS) is 9.00. The largest absolute Gasteiger partial charge is 0.476 e. The van der Waals surface area contributed by atoms with Gasteiger partial charge in [0.2, 0.25) is 0 Å². The second kappa shape index (κ2) is 3.05. The lowest BCUT2D eigenvalue weighted by Crippen LogP contribution is -2.03. The van der Waals surface area contributed by atoms with Gasteiger partial charge in [0, 0.05) is 6.20 Å². The molecule has 60 valence electrons. The fourth-order valence-electron chi connectivity index (χ4n) is 0.850. The summed E-state index contributed by atoms with van der Waals surface area (Å²) in [5.74, 6) is 1.18. The fourth-order valence-corrected chi connectivity index (χ4v) is 0.850. The van der Waals surface area contributed by atoms with E-state index in [4.69, 9.17) is 11.5 Å². The van der Waals surface area contributed by atoms with Crippen molar-refractivity contribution in [2.75, 3.05) is 0 Å². The van der Waals surface area contributed by atoms with Gasteiger partial charge in [-0.05, 0) is 18.6 Å². The Morgan fingerprint density at radius 3 is 2.92 bits per heavy atom. The Balaban J connectivity index is 3.32. The Labute approximate surface area is 70.1 Å². The van der Waals surface area contributed by atoms with E-state index in [1.54, 1.807) is 13.0 Å². The van der Waals surface area contributed by atoms with Crippen LogP contribution in [0.15, 0.2) is 12.3 Å². The van der Waals surface area contributed by atoms with Crippen LogP contribution in [0, 0.1) is 19.3 Å². The summed E-state index contributed by atoms with van der Waals surface area (Å²) in [6, 6.07) is 1.62. The molecule has 0 bridgehead atoms. The highest BCUT2D eigenvalue weighted by Crippen LogP contribution is 2.06. The summed E-state index contributed by atoms with van der Waals surface area (Å²) in [6.07, 6.45) is 6.58. The molecule has 1 rings (SSSR count). The van der Waals surface area contributed by atoms with Crippen molar-refractivity contribution in [2.45, 2.75) is 6.92 Å². The second-order valence-corrected chi connectivity index (χ2v) is 2.36. The number of nitrogens with zero attached hydrogens (tertiary/aromatic N) is 1. The molecule has 0 aliphatic heterocycles. The number of rotatable bonds is 1. The molecule has 0 fully saturated rings. The van der Waals surface area contributed by atoms with Crippen molar-refractivity contribution in [3.63, 3.8) is 0 Å². The van der Waals surface area contributed by atoms with Crippen LogP contribution >= 0.6 is 0 Å². The molecular weight excluding hydrogens is 154 g/mol. The van der Waals surface area contributed by atoms with Crippen molar-refractivity contribution in [1.82, 2.24) is 4.98 Å². The van der Waals surface area contributed by atoms with Crippen LogP contribution in [0.5, 0.6) is 0 Å². The summed E-state index contributed by atoms with van der Waals surface area (Å²) in [5, 5.41) is 8.63. The van der Waals surface area contributed by atoms with Crippen molar-refractivity contribution < 1.29 is 9.90 Å². The van der Waals surface area contributed by atoms with Crippen LogP contribution in [-0.4, -0.2) is 16.1 Å². The van der Waals surface area contributed by atoms with Gasteiger partial charge < -0.3 is 5.11 Å². The number of pyridine rings is 1. The summed E-state index contributed by atoms with van der Waals surface area (Å²) < 4.78 is 0. The summed E-state index contributed by atoms with van der Waals surface area (Å²) in [4.78, 5) is 14.2. The minimum absolute atomic E-state index is 0.0666. The third-order valence-corrected chi connectivity index (χ3v) is 1.38. The minimum atomic E-state index is -1.09. The van der Waals surface area contributed by atoms with Gasteiger partial charge in [-0.1, -0.05) is 5.92 Å². The molecule has 0 saturated heterocycles. The van der Waals surface area contributed by atoms with E-state index in [2.05, 4.69) is 10.9 Å². The first-order valence-corrected chi connectivity index (χ1v) is 3.31. The Morgan fingerprint density at radius 2 is 2.42 bits per heavy atom. The van der Waals surface area contributed by atoms with Gasteiger partial charge in [-0.25, -0.2) is 9.78 Å². The average Bonchev–Trinajstić information content (AvgIpc) is 2.03. The van der Waals surface area contributed by atoms with E-state index >= 15 is 0 Å². The monoisotopic (exact) mass is 161 g/mol. The molecule has 1 aromatic heterocycles. The van der Waals surface area contributed by atoms with E-state index in [-0.39, 0.29) is 5.69 Å². The first-order chi connectivity index (χ1) is 5.65. The van der Waals surface area contributed by atoms with Crippen molar-refractivity contribution in [3.05, 3.63) is 29.1 Å². The minimum Gasteiger partial charge on any atom is -0.476 e. The molecule has 0 amide bonds. The van der Waals surface area contributed by atoms with E-state index in [1.165, 1.54) is 6.20 Å². The van der Waals surface area contributed by atoms with Crippen LogP contribution in [-0.2, 0) is 0 Å². The Kier molecular flexibility index (Phi) is 2.11. The van der Waals surface area contributed by atoms with Crippen LogP contribution in [0.2, 0.25) is 0 Å². The number of aromatic nitrogens is 1. The molecule has 1 aromatic rings. The highest BCUT2D eigenvalue weighted by molar-refractivity contribution is 5.88. The van der Waals surface area contributed by atoms with Crippen LogP contribution < -0.4 is 0 Å². The highest BCUT2D eigenvalue weighted by Gasteiger charge is 2.09. The van der Waals surface area contributed by atoms with Gasteiger partial charge in [0.25, 0.3) is 0 Å². The molecule has 12 heavy (non-hydrogen) atoms. The number of carboxylic acids is 1. The molecule has 0 aliphatic rings. The van der Waals surface area contributed by atoms with Crippen LogP contribution in [0.4, 0.5) is 0 Å². The quantitative estimate of drug-likeness (QED) is 0.627. The lowest BCUT2D eigenvalue weighted by Gasteiger charge is -1.98. The second-order valence-electron chi connectivity index (χ2n) is 2.36. The number of carbonyl (C=O) groups is 1. The maximum atomic E-state index is 10.5.